The van der Waals surface area contributed by atoms with Gasteiger partial charge in [-0.1, -0.05) is 37.9 Å². The number of fused-ring (bicyclic) bond motifs is 1. The van der Waals surface area contributed by atoms with Crippen LogP contribution in [-0.2, 0) is 21.4 Å². The maximum atomic E-state index is 12.3. The molecule has 0 saturated heterocycles. The van der Waals surface area contributed by atoms with Crippen LogP contribution in [0.1, 0.15) is 45.4 Å². The zero-order valence-corrected chi connectivity index (χ0v) is 17.1. The lowest BCUT2D eigenvalue weighted by Crippen LogP contribution is -2.37. The third-order valence-corrected chi connectivity index (χ3v) is 6.65. The van der Waals surface area contributed by atoms with Crippen LogP contribution in [0.25, 0.3) is 11.0 Å². The van der Waals surface area contributed by atoms with Crippen LogP contribution in [0.4, 0.5) is 0 Å². The molecule has 1 amide bonds. The van der Waals surface area contributed by atoms with Gasteiger partial charge in [-0.15, -0.1) is 0 Å². The maximum absolute atomic E-state index is 12.3. The molecule has 0 aliphatic heterocycles. The summed E-state index contributed by atoms with van der Waals surface area (Å²) in [5, 5.41) is 9.05. The van der Waals surface area contributed by atoms with Crippen molar-refractivity contribution in [3.63, 3.8) is 0 Å². The second-order valence-electron chi connectivity index (χ2n) is 6.93. The summed E-state index contributed by atoms with van der Waals surface area (Å²) < 4.78 is 25.2. The Kier molecular flexibility index (Phi) is 6.44. The quantitative estimate of drug-likeness (QED) is 0.682. The summed E-state index contributed by atoms with van der Waals surface area (Å²) in [6.07, 6.45) is 6.63. The van der Waals surface area contributed by atoms with Gasteiger partial charge in [0.05, 0.1) is 21.7 Å². The second kappa shape index (κ2) is 8.62. The standard InChI is InChI=1S/C18H26N4O3S2/c1-2-10-22-16-9-8-14(27(19,24)25)11-15(16)21-18(22)26-12-17(23)20-13-6-4-3-5-7-13/h8-9,11,13H,2-7,10,12H2,1H3,(H,20,23)(H2,19,24,25). The van der Waals surface area contributed by atoms with Crippen molar-refractivity contribution in [1.82, 2.24) is 14.9 Å². The molecule has 1 aromatic heterocycles. The number of nitrogens with two attached hydrogens (primary N) is 1. The highest BCUT2D eigenvalue weighted by Crippen LogP contribution is 2.26. The van der Waals surface area contributed by atoms with Gasteiger partial charge in [0.25, 0.3) is 0 Å². The van der Waals surface area contributed by atoms with Gasteiger partial charge in [0, 0.05) is 12.6 Å². The van der Waals surface area contributed by atoms with E-state index in [0.717, 1.165) is 36.5 Å². The number of carbonyl (C=O) groups excluding carboxylic acids is 1. The van der Waals surface area contributed by atoms with Crippen molar-refractivity contribution in [2.45, 2.75) is 68.1 Å². The number of amides is 1. The topological polar surface area (TPSA) is 107 Å². The first-order chi connectivity index (χ1) is 12.9. The van der Waals surface area contributed by atoms with Crippen LogP contribution in [0.3, 0.4) is 0 Å². The van der Waals surface area contributed by atoms with Crippen molar-refractivity contribution in [3.8, 4) is 0 Å². The minimum atomic E-state index is -3.77. The van der Waals surface area contributed by atoms with Gasteiger partial charge in [-0.25, -0.2) is 18.5 Å². The summed E-state index contributed by atoms with van der Waals surface area (Å²) in [7, 11) is -3.77. The Hall–Kier alpha value is -1.58. The molecule has 3 rings (SSSR count). The Morgan fingerprint density at radius 3 is 2.74 bits per heavy atom. The number of hydrogen-bond donors (Lipinski definition) is 2. The summed E-state index contributed by atoms with van der Waals surface area (Å²) >= 11 is 1.38. The molecule has 1 aromatic carbocycles. The number of nitrogens with one attached hydrogen (secondary N) is 1. The van der Waals surface area contributed by atoms with Gasteiger partial charge >= 0.3 is 0 Å². The Bertz CT molecular complexity index is 918. The Labute approximate surface area is 164 Å². The van der Waals surface area contributed by atoms with E-state index in [4.69, 9.17) is 5.14 Å². The fourth-order valence-electron chi connectivity index (χ4n) is 3.46. The van der Waals surface area contributed by atoms with Crippen molar-refractivity contribution >= 4 is 38.7 Å². The SMILES string of the molecule is CCCn1c(SCC(=O)NC2CCCCC2)nc2cc(S(N)(=O)=O)ccc21. The largest absolute Gasteiger partial charge is 0.353 e. The molecule has 1 aliphatic carbocycles. The first-order valence-electron chi connectivity index (χ1n) is 9.33. The molecule has 1 fully saturated rings. The molecule has 7 nitrogen and oxygen atoms in total. The zero-order valence-electron chi connectivity index (χ0n) is 15.5. The highest BCUT2D eigenvalue weighted by molar-refractivity contribution is 7.99. The van der Waals surface area contributed by atoms with Gasteiger partial charge in [-0.05, 0) is 37.5 Å². The molecule has 2 aromatic rings. The summed E-state index contributed by atoms with van der Waals surface area (Å²) in [5.41, 5.74) is 1.42. The van der Waals surface area contributed by atoms with E-state index in [1.807, 2.05) is 4.57 Å². The minimum Gasteiger partial charge on any atom is -0.353 e. The lowest BCUT2D eigenvalue weighted by molar-refractivity contribution is -0.119. The lowest BCUT2D eigenvalue weighted by atomic mass is 9.95. The third-order valence-electron chi connectivity index (χ3n) is 4.76. The van der Waals surface area contributed by atoms with E-state index in [-0.39, 0.29) is 10.8 Å². The smallest absolute Gasteiger partial charge is 0.238 e. The molecular formula is C18H26N4O3S2. The van der Waals surface area contributed by atoms with Crippen molar-refractivity contribution in [3.05, 3.63) is 18.2 Å². The van der Waals surface area contributed by atoms with Gasteiger partial charge in [0.2, 0.25) is 15.9 Å². The highest BCUT2D eigenvalue weighted by Gasteiger charge is 2.18. The number of benzene rings is 1. The first kappa shape index (κ1) is 20.2. The second-order valence-corrected chi connectivity index (χ2v) is 9.44. The summed E-state index contributed by atoms with van der Waals surface area (Å²) in [6, 6.07) is 5.00. The van der Waals surface area contributed by atoms with E-state index in [2.05, 4.69) is 17.2 Å². The van der Waals surface area contributed by atoms with Crippen LogP contribution in [0, 0.1) is 0 Å². The average molecular weight is 411 g/mol. The summed E-state index contributed by atoms with van der Waals surface area (Å²) in [5.74, 6) is 0.318. The number of carbonyl (C=O) groups is 1. The predicted molar refractivity (Wildman–Crippen MR) is 107 cm³/mol. The van der Waals surface area contributed by atoms with Crippen LogP contribution in [-0.4, -0.2) is 35.7 Å². The molecule has 0 radical (unpaired) electrons. The van der Waals surface area contributed by atoms with Gasteiger partial charge in [0.1, 0.15) is 0 Å². The number of nitrogens with zero attached hydrogens (tertiary/aromatic N) is 2. The molecule has 0 atom stereocenters. The number of sulfonamides is 1. The minimum absolute atomic E-state index is 0.0206. The Morgan fingerprint density at radius 2 is 2.07 bits per heavy atom. The number of aromatic nitrogens is 2. The number of hydrogen-bond acceptors (Lipinski definition) is 5. The molecule has 0 spiro atoms. The molecular weight excluding hydrogens is 384 g/mol. The van der Waals surface area contributed by atoms with Gasteiger partial charge < -0.3 is 9.88 Å². The Balaban J connectivity index is 1.76. The van der Waals surface area contributed by atoms with Crippen molar-refractivity contribution in [2.75, 3.05) is 5.75 Å². The van der Waals surface area contributed by atoms with Crippen molar-refractivity contribution in [2.24, 2.45) is 5.14 Å². The van der Waals surface area contributed by atoms with E-state index < -0.39 is 10.0 Å². The molecule has 27 heavy (non-hydrogen) atoms. The molecule has 1 heterocycles. The van der Waals surface area contributed by atoms with Crippen molar-refractivity contribution < 1.29 is 13.2 Å². The third kappa shape index (κ3) is 5.03. The van der Waals surface area contributed by atoms with Crippen LogP contribution in [0.15, 0.2) is 28.3 Å². The number of thioether (sulfide) groups is 1. The maximum Gasteiger partial charge on any atom is 0.238 e. The molecule has 0 bridgehead atoms. The van der Waals surface area contributed by atoms with E-state index >= 15 is 0 Å². The molecule has 0 unspecified atom stereocenters. The summed E-state index contributed by atoms with van der Waals surface area (Å²) in [6.45, 7) is 2.81. The van der Waals surface area contributed by atoms with Gasteiger partial charge in [-0.3, -0.25) is 4.79 Å². The van der Waals surface area contributed by atoms with Crippen LogP contribution >= 0.6 is 11.8 Å². The van der Waals surface area contributed by atoms with E-state index in [1.165, 1.54) is 43.2 Å². The molecule has 148 valence electrons. The molecule has 1 aliphatic rings. The number of imidazole rings is 1. The zero-order chi connectivity index (χ0) is 19.4. The Morgan fingerprint density at radius 1 is 1.33 bits per heavy atom. The average Bonchev–Trinajstić information content (AvgIpc) is 2.97. The highest BCUT2D eigenvalue weighted by atomic mass is 32.2. The van der Waals surface area contributed by atoms with E-state index in [9.17, 15) is 13.2 Å². The van der Waals surface area contributed by atoms with Crippen LogP contribution < -0.4 is 10.5 Å². The van der Waals surface area contributed by atoms with Crippen LogP contribution in [0.5, 0.6) is 0 Å². The number of rotatable bonds is 7. The van der Waals surface area contributed by atoms with E-state index in [1.54, 1.807) is 6.07 Å². The van der Waals surface area contributed by atoms with Gasteiger partial charge in [0.15, 0.2) is 5.16 Å². The van der Waals surface area contributed by atoms with Crippen LogP contribution in [0.2, 0.25) is 0 Å². The monoisotopic (exact) mass is 410 g/mol. The predicted octanol–water partition coefficient (Wildman–Crippen LogP) is 2.63. The fraction of sp³-hybridized carbons (Fsp3) is 0.556. The molecule has 9 heteroatoms. The fourth-order valence-corrected chi connectivity index (χ4v) is 4.85. The van der Waals surface area contributed by atoms with Crippen molar-refractivity contribution in [1.29, 1.82) is 0 Å². The number of aryl methyl sites for hydroxylation is 1. The summed E-state index contributed by atoms with van der Waals surface area (Å²) in [4.78, 5) is 16.9. The lowest BCUT2D eigenvalue weighted by Gasteiger charge is -2.22. The van der Waals surface area contributed by atoms with Gasteiger partial charge in [-0.2, -0.15) is 0 Å². The molecule has 1 saturated carbocycles. The molecule has 3 N–H and O–H groups in total. The van der Waals surface area contributed by atoms with E-state index in [0.29, 0.717) is 17.3 Å². The normalized spacial score (nSPS) is 15.9. The number of primary sulfonamides is 1. The first-order valence-corrected chi connectivity index (χ1v) is 11.9.